The molecule has 1 heterocycles. The van der Waals surface area contributed by atoms with Crippen molar-refractivity contribution in [3.05, 3.63) is 42.5 Å². The number of nitrogens with one attached hydrogen (secondary N) is 1. The Labute approximate surface area is 137 Å². The number of para-hydroxylation sites is 1. The molecule has 0 radical (unpaired) electrons. The van der Waals surface area contributed by atoms with Gasteiger partial charge in [0.2, 0.25) is 10.3 Å². The van der Waals surface area contributed by atoms with Crippen molar-refractivity contribution in [1.29, 1.82) is 0 Å². The fourth-order valence-electron chi connectivity index (χ4n) is 2.00. The van der Waals surface area contributed by atoms with Gasteiger partial charge in [0.25, 0.3) is 0 Å². The van der Waals surface area contributed by atoms with Crippen molar-refractivity contribution in [3.63, 3.8) is 0 Å². The van der Waals surface area contributed by atoms with Gasteiger partial charge in [-0.05, 0) is 24.3 Å². The average Bonchev–Trinajstić information content (AvgIpc) is 2.73. The zero-order valence-electron chi connectivity index (χ0n) is 10.6. The molecule has 6 nitrogen and oxygen atoms in total. The molecule has 0 amide bonds. The number of nitrogens with zero attached hydrogens (tertiary/aromatic N) is 2. The Kier molecular flexibility index (Phi) is 4.26. The molecular formula is C12H8N3NaO3S. The maximum absolute atomic E-state index is 10.4. The van der Waals surface area contributed by atoms with Crippen molar-refractivity contribution in [2.24, 2.45) is 9.63 Å². The number of H-pyrrole nitrogens is 1. The summed E-state index contributed by atoms with van der Waals surface area (Å²) in [4.78, 5) is 3.19. The molecule has 20 heavy (non-hydrogen) atoms. The molecule has 1 N–H and O–H groups in total. The monoisotopic (exact) mass is 297 g/mol. The third-order valence-electron chi connectivity index (χ3n) is 2.75. The number of rotatable bonds is 2. The fourth-order valence-corrected chi connectivity index (χ4v) is 2.20. The van der Waals surface area contributed by atoms with Crippen molar-refractivity contribution in [3.8, 4) is 0 Å². The Hall–Kier alpha value is -1.25. The van der Waals surface area contributed by atoms with Gasteiger partial charge in [-0.3, -0.25) is 0 Å². The average molecular weight is 297 g/mol. The topological polar surface area (TPSA) is 97.7 Å². The molecule has 0 atom stereocenters. The SMILES string of the molecule is O=S(=O)([O-])N=Nc1ccc2c(c1)[nH]c1ccccc12.[Na+]. The molecule has 0 unspecified atom stereocenters. The summed E-state index contributed by atoms with van der Waals surface area (Å²) in [6.07, 6.45) is 0. The summed E-state index contributed by atoms with van der Waals surface area (Å²) >= 11 is 0. The normalized spacial score (nSPS) is 12.1. The van der Waals surface area contributed by atoms with Gasteiger partial charge in [0.05, 0.1) is 5.69 Å². The summed E-state index contributed by atoms with van der Waals surface area (Å²) < 4.78 is 33.9. The van der Waals surface area contributed by atoms with E-state index in [1.54, 1.807) is 18.2 Å². The van der Waals surface area contributed by atoms with E-state index in [2.05, 4.69) is 14.6 Å². The van der Waals surface area contributed by atoms with Crippen LogP contribution in [-0.4, -0.2) is 18.0 Å². The van der Waals surface area contributed by atoms with Gasteiger partial charge < -0.3 is 9.54 Å². The van der Waals surface area contributed by atoms with Gasteiger partial charge >= 0.3 is 29.6 Å². The molecule has 2 aromatic carbocycles. The van der Waals surface area contributed by atoms with Gasteiger partial charge in [-0.1, -0.05) is 22.7 Å². The Morgan fingerprint density at radius 2 is 1.70 bits per heavy atom. The third-order valence-corrected chi connectivity index (χ3v) is 3.03. The Balaban J connectivity index is 0.00000147. The fraction of sp³-hybridized carbons (Fsp3) is 0. The van der Waals surface area contributed by atoms with E-state index in [-0.39, 0.29) is 29.6 Å². The number of benzene rings is 2. The molecule has 3 aromatic rings. The third kappa shape index (κ3) is 3.08. The van der Waals surface area contributed by atoms with Crippen LogP contribution in [0.5, 0.6) is 0 Å². The van der Waals surface area contributed by atoms with Crippen LogP contribution in [0, 0.1) is 0 Å². The van der Waals surface area contributed by atoms with Crippen LogP contribution in [0.3, 0.4) is 0 Å². The van der Waals surface area contributed by atoms with Gasteiger partial charge in [0.15, 0.2) is 0 Å². The number of fused-ring (bicyclic) bond motifs is 3. The molecule has 0 spiro atoms. The molecule has 0 aliphatic heterocycles. The summed E-state index contributed by atoms with van der Waals surface area (Å²) in [5.41, 5.74) is 2.09. The van der Waals surface area contributed by atoms with Crippen LogP contribution in [0.15, 0.2) is 52.1 Å². The van der Waals surface area contributed by atoms with Gasteiger partial charge in [-0.2, -0.15) is 0 Å². The van der Waals surface area contributed by atoms with Gasteiger partial charge in [-0.15, -0.1) is 5.11 Å². The first-order valence-corrected chi connectivity index (χ1v) is 6.79. The summed E-state index contributed by atoms with van der Waals surface area (Å²) in [6, 6.07) is 12.8. The Morgan fingerprint density at radius 1 is 1.00 bits per heavy atom. The van der Waals surface area contributed by atoms with Gasteiger partial charge in [0, 0.05) is 21.8 Å². The first-order chi connectivity index (χ1) is 9.03. The first kappa shape index (κ1) is 15.1. The molecule has 0 bridgehead atoms. The van der Waals surface area contributed by atoms with Gasteiger partial charge in [-0.25, -0.2) is 8.42 Å². The maximum Gasteiger partial charge on any atom is 1.00 e. The predicted octanol–water partition coefficient (Wildman–Crippen LogP) is -0.131. The van der Waals surface area contributed by atoms with Crippen LogP contribution in [0.4, 0.5) is 5.69 Å². The van der Waals surface area contributed by atoms with Crippen molar-refractivity contribution in [1.82, 2.24) is 4.98 Å². The minimum absolute atomic E-state index is 0. The predicted molar refractivity (Wildman–Crippen MR) is 70.0 cm³/mol. The molecule has 0 saturated carbocycles. The van der Waals surface area contributed by atoms with Crippen molar-refractivity contribution < 1.29 is 42.5 Å². The van der Waals surface area contributed by atoms with Gasteiger partial charge in [0.1, 0.15) is 0 Å². The molecule has 0 saturated heterocycles. The number of hydrogen-bond acceptors (Lipinski definition) is 4. The summed E-state index contributed by atoms with van der Waals surface area (Å²) in [5, 5.41) is 5.47. The van der Waals surface area contributed by atoms with Crippen LogP contribution in [0.1, 0.15) is 0 Å². The molecule has 0 aliphatic carbocycles. The van der Waals surface area contributed by atoms with Crippen LogP contribution >= 0.6 is 0 Å². The standard InChI is InChI=1S/C12H9N3O3S.Na/c16-19(17,18)15-14-8-5-6-10-9-3-1-2-4-11(9)13-12(10)7-8;/h1-7,13H,(H,16,17,18);/q;+1/p-1. The number of aromatic amines is 1. The smallest absolute Gasteiger partial charge is 0.728 e. The number of hydrogen-bond donors (Lipinski definition) is 1. The van der Waals surface area contributed by atoms with E-state index in [0.717, 1.165) is 21.8 Å². The van der Waals surface area contributed by atoms with Crippen LogP contribution in [-0.2, 0) is 10.3 Å². The summed E-state index contributed by atoms with van der Waals surface area (Å²) in [5.74, 6) is 0. The van der Waals surface area contributed by atoms with E-state index in [4.69, 9.17) is 0 Å². The Bertz CT molecular complexity index is 903. The van der Waals surface area contributed by atoms with E-state index in [9.17, 15) is 13.0 Å². The zero-order chi connectivity index (χ0) is 13.5. The molecule has 0 fully saturated rings. The van der Waals surface area contributed by atoms with Crippen LogP contribution in [0.25, 0.3) is 21.8 Å². The molecule has 0 aliphatic rings. The summed E-state index contributed by atoms with van der Waals surface area (Å²) in [6.45, 7) is 0. The van der Waals surface area contributed by atoms with Crippen molar-refractivity contribution in [2.45, 2.75) is 0 Å². The second-order valence-corrected chi connectivity index (χ2v) is 5.03. The molecule has 3 rings (SSSR count). The molecule has 8 heteroatoms. The molecule has 1 aromatic heterocycles. The zero-order valence-corrected chi connectivity index (χ0v) is 13.4. The minimum Gasteiger partial charge on any atom is -0.728 e. The van der Waals surface area contributed by atoms with E-state index in [1.165, 1.54) is 0 Å². The second-order valence-electron chi connectivity index (χ2n) is 4.01. The van der Waals surface area contributed by atoms with E-state index in [0.29, 0.717) is 5.69 Å². The molecule has 96 valence electrons. The molecular weight excluding hydrogens is 289 g/mol. The summed E-state index contributed by atoms with van der Waals surface area (Å²) in [7, 11) is -4.70. The first-order valence-electron chi connectivity index (χ1n) is 5.42. The number of aromatic nitrogens is 1. The van der Waals surface area contributed by atoms with Crippen LogP contribution < -0.4 is 29.6 Å². The van der Waals surface area contributed by atoms with Crippen LogP contribution in [0.2, 0.25) is 0 Å². The largest absolute Gasteiger partial charge is 1.00 e. The van der Waals surface area contributed by atoms with Crippen molar-refractivity contribution in [2.75, 3.05) is 0 Å². The Morgan fingerprint density at radius 3 is 2.45 bits per heavy atom. The van der Waals surface area contributed by atoms with E-state index >= 15 is 0 Å². The quantitative estimate of drug-likeness (QED) is 0.405. The second kappa shape index (κ2) is 5.63. The minimum atomic E-state index is -4.70. The van der Waals surface area contributed by atoms with Crippen molar-refractivity contribution >= 4 is 37.8 Å². The van der Waals surface area contributed by atoms with E-state index in [1.807, 2.05) is 24.3 Å². The maximum atomic E-state index is 10.4. The van der Waals surface area contributed by atoms with E-state index < -0.39 is 10.3 Å².